The molecule has 0 spiro atoms. The highest BCUT2D eigenvalue weighted by Gasteiger charge is 2.04. The number of anilines is 1. The molecule has 2 aromatic rings. The Morgan fingerprint density at radius 1 is 1.24 bits per heavy atom. The highest BCUT2D eigenvalue weighted by molar-refractivity contribution is 8.13. The molecule has 0 radical (unpaired) electrons. The third-order valence-corrected chi connectivity index (χ3v) is 4.14. The summed E-state index contributed by atoms with van der Waals surface area (Å²) in [6, 6.07) is 0. The summed E-state index contributed by atoms with van der Waals surface area (Å²) >= 11 is 4.67. The Morgan fingerprint density at radius 3 is 2.47 bits per heavy atom. The number of hydrogen-bond acceptors (Lipinski definition) is 6. The van der Waals surface area contributed by atoms with E-state index in [-0.39, 0.29) is 0 Å². The van der Waals surface area contributed by atoms with Crippen LogP contribution in [0.3, 0.4) is 0 Å². The van der Waals surface area contributed by atoms with Gasteiger partial charge in [0.15, 0.2) is 10.3 Å². The van der Waals surface area contributed by atoms with Gasteiger partial charge in [0.2, 0.25) is 5.13 Å². The summed E-state index contributed by atoms with van der Waals surface area (Å²) in [4.78, 5) is 13.1. The fourth-order valence-electron chi connectivity index (χ4n) is 1.11. The van der Waals surface area contributed by atoms with Crippen molar-refractivity contribution in [3.63, 3.8) is 0 Å². The van der Waals surface area contributed by atoms with Crippen molar-refractivity contribution < 1.29 is 0 Å². The maximum atomic E-state index is 4.45. The molecule has 0 amide bonds. The molecule has 2 aromatic heterocycles. The minimum Gasteiger partial charge on any atom is -0.311 e. The van der Waals surface area contributed by atoms with Crippen molar-refractivity contribution in [3.05, 3.63) is 22.1 Å². The highest BCUT2D eigenvalue weighted by atomic mass is 32.2. The summed E-state index contributed by atoms with van der Waals surface area (Å²) in [5, 5.41) is 9.64. The van der Waals surface area contributed by atoms with Crippen LogP contribution in [0, 0.1) is 13.8 Å². The molecule has 17 heavy (non-hydrogen) atoms. The molecule has 0 aliphatic rings. The first kappa shape index (κ1) is 12.5. The molecule has 4 nitrogen and oxygen atoms in total. The summed E-state index contributed by atoms with van der Waals surface area (Å²) in [7, 11) is 0. The van der Waals surface area contributed by atoms with E-state index in [0.717, 1.165) is 26.8 Å². The summed E-state index contributed by atoms with van der Waals surface area (Å²) in [5.41, 5.74) is 2.02. The lowest BCUT2D eigenvalue weighted by Gasteiger charge is -2.02. The molecular weight excluding hydrogens is 272 g/mol. The van der Waals surface area contributed by atoms with Gasteiger partial charge in [-0.25, -0.2) is 9.97 Å². The molecule has 0 aliphatic carbocycles. The lowest BCUT2D eigenvalue weighted by molar-refractivity contribution is 1.24. The zero-order chi connectivity index (χ0) is 12.3. The predicted octanol–water partition coefficient (Wildman–Crippen LogP) is 3.68. The molecule has 2 heterocycles. The number of nitrogens with zero attached hydrogens (tertiary/aromatic N) is 3. The van der Waals surface area contributed by atoms with E-state index in [9.17, 15) is 0 Å². The number of nitrogens with one attached hydrogen (secondary N) is 1. The average molecular weight is 284 g/mol. The minimum absolute atomic E-state index is 0.771. The molecule has 0 unspecified atom stereocenters. The Bertz CT molecular complexity index is 529. The number of thiazole rings is 2. The fraction of sp³-hybridized carbons (Fsp3) is 0.300. The van der Waals surface area contributed by atoms with Crippen LogP contribution in [0.25, 0.3) is 0 Å². The van der Waals surface area contributed by atoms with E-state index in [4.69, 9.17) is 0 Å². The largest absolute Gasteiger partial charge is 0.311 e. The average Bonchev–Trinajstić information content (AvgIpc) is 2.87. The van der Waals surface area contributed by atoms with E-state index in [0.29, 0.717) is 0 Å². The second-order valence-electron chi connectivity index (χ2n) is 3.31. The molecule has 0 aliphatic heterocycles. The second kappa shape index (κ2) is 5.61. The Hall–Kier alpha value is -0.920. The summed E-state index contributed by atoms with van der Waals surface area (Å²) in [6.07, 6.45) is 1.98. The summed E-state index contributed by atoms with van der Waals surface area (Å²) in [6.45, 7) is 3.94. The Labute approximate surface area is 112 Å². The SMILES string of the molecule is CSC(=Nc1nc(C)cs1)Nc1nc(C)cs1. The molecule has 0 bridgehead atoms. The Morgan fingerprint density at radius 2 is 1.94 bits per heavy atom. The lowest BCUT2D eigenvalue weighted by atomic mass is 10.6. The van der Waals surface area contributed by atoms with E-state index in [1.54, 1.807) is 34.4 Å². The van der Waals surface area contributed by atoms with Gasteiger partial charge in [-0.15, -0.1) is 22.7 Å². The molecule has 0 atom stereocenters. The first-order chi connectivity index (χ1) is 8.17. The number of aliphatic imine (C=N–C) groups is 1. The van der Waals surface area contributed by atoms with Crippen molar-refractivity contribution >= 4 is 49.9 Å². The zero-order valence-electron chi connectivity index (χ0n) is 9.72. The van der Waals surface area contributed by atoms with Gasteiger partial charge in [0.1, 0.15) is 0 Å². The fourth-order valence-corrected chi connectivity index (χ4v) is 2.96. The van der Waals surface area contributed by atoms with Crippen molar-refractivity contribution in [2.75, 3.05) is 11.6 Å². The Kier molecular flexibility index (Phi) is 4.14. The zero-order valence-corrected chi connectivity index (χ0v) is 12.2. The summed E-state index contributed by atoms with van der Waals surface area (Å²) in [5.74, 6) is 0. The van der Waals surface area contributed by atoms with Crippen LogP contribution in [-0.2, 0) is 0 Å². The van der Waals surface area contributed by atoms with Crippen molar-refractivity contribution in [1.29, 1.82) is 0 Å². The van der Waals surface area contributed by atoms with Gasteiger partial charge in [-0.05, 0) is 20.1 Å². The van der Waals surface area contributed by atoms with Crippen LogP contribution < -0.4 is 5.32 Å². The highest BCUT2D eigenvalue weighted by Crippen LogP contribution is 2.22. The van der Waals surface area contributed by atoms with Crippen LogP contribution in [-0.4, -0.2) is 21.4 Å². The van der Waals surface area contributed by atoms with Gasteiger partial charge in [0, 0.05) is 10.8 Å². The third-order valence-electron chi connectivity index (χ3n) is 1.83. The number of amidine groups is 1. The quantitative estimate of drug-likeness (QED) is 0.675. The van der Waals surface area contributed by atoms with Gasteiger partial charge in [0.05, 0.1) is 11.4 Å². The Balaban J connectivity index is 2.13. The van der Waals surface area contributed by atoms with Gasteiger partial charge in [0.25, 0.3) is 0 Å². The molecule has 0 aromatic carbocycles. The number of aromatic nitrogens is 2. The molecular formula is C10H12N4S3. The molecule has 2 rings (SSSR count). The van der Waals surface area contributed by atoms with Gasteiger partial charge < -0.3 is 5.32 Å². The normalized spacial score (nSPS) is 11.8. The van der Waals surface area contributed by atoms with E-state index < -0.39 is 0 Å². The molecule has 0 saturated carbocycles. The number of rotatable bonds is 2. The van der Waals surface area contributed by atoms with Crippen LogP contribution in [0.4, 0.5) is 10.3 Å². The standard InChI is InChI=1S/C10H12N4S3/c1-6-4-16-9(11-6)13-8(15-3)14-10-12-7(2)5-17-10/h4-5H,1-3H3,(H,11,12,13,14). The monoisotopic (exact) mass is 284 g/mol. The van der Waals surface area contributed by atoms with Crippen LogP contribution in [0.2, 0.25) is 0 Å². The number of thioether (sulfide) groups is 1. The molecule has 7 heteroatoms. The maximum Gasteiger partial charge on any atom is 0.211 e. The number of hydrogen-bond donors (Lipinski definition) is 1. The number of aryl methyl sites for hydroxylation is 2. The van der Waals surface area contributed by atoms with E-state index >= 15 is 0 Å². The van der Waals surface area contributed by atoms with E-state index in [2.05, 4.69) is 20.3 Å². The third kappa shape index (κ3) is 3.52. The van der Waals surface area contributed by atoms with Crippen molar-refractivity contribution in [1.82, 2.24) is 9.97 Å². The van der Waals surface area contributed by atoms with E-state index in [1.807, 2.05) is 30.9 Å². The van der Waals surface area contributed by atoms with Crippen LogP contribution >= 0.6 is 34.4 Å². The van der Waals surface area contributed by atoms with Gasteiger partial charge in [-0.1, -0.05) is 11.8 Å². The molecule has 0 fully saturated rings. The van der Waals surface area contributed by atoms with Crippen molar-refractivity contribution in [2.45, 2.75) is 13.8 Å². The van der Waals surface area contributed by atoms with E-state index in [1.165, 1.54) is 0 Å². The smallest absolute Gasteiger partial charge is 0.211 e. The first-order valence-electron chi connectivity index (χ1n) is 4.91. The van der Waals surface area contributed by atoms with Gasteiger partial charge in [-0.2, -0.15) is 4.99 Å². The van der Waals surface area contributed by atoms with Gasteiger partial charge in [-0.3, -0.25) is 0 Å². The van der Waals surface area contributed by atoms with Crippen LogP contribution in [0.5, 0.6) is 0 Å². The first-order valence-corrected chi connectivity index (χ1v) is 7.90. The minimum atomic E-state index is 0.771. The summed E-state index contributed by atoms with van der Waals surface area (Å²) < 4.78 is 0. The van der Waals surface area contributed by atoms with Crippen molar-refractivity contribution in [2.24, 2.45) is 4.99 Å². The lowest BCUT2D eigenvalue weighted by Crippen LogP contribution is -2.06. The molecule has 1 N–H and O–H groups in total. The predicted molar refractivity (Wildman–Crippen MR) is 77.9 cm³/mol. The van der Waals surface area contributed by atoms with Crippen molar-refractivity contribution in [3.8, 4) is 0 Å². The molecule has 90 valence electrons. The molecule has 0 saturated heterocycles. The van der Waals surface area contributed by atoms with Gasteiger partial charge >= 0.3 is 0 Å². The topological polar surface area (TPSA) is 50.2 Å². The second-order valence-corrected chi connectivity index (χ2v) is 5.80. The maximum absolute atomic E-state index is 4.45. The van der Waals surface area contributed by atoms with Crippen LogP contribution in [0.15, 0.2) is 15.8 Å². The van der Waals surface area contributed by atoms with Crippen LogP contribution in [0.1, 0.15) is 11.4 Å².